The third-order valence-corrected chi connectivity index (χ3v) is 3.88. The number of halogens is 1. The molecule has 0 radical (unpaired) electrons. The summed E-state index contributed by atoms with van der Waals surface area (Å²) in [6.07, 6.45) is 0.840. The van der Waals surface area contributed by atoms with Crippen LogP contribution >= 0.6 is 11.6 Å². The minimum atomic E-state index is 0.0962. The highest BCUT2D eigenvalue weighted by molar-refractivity contribution is 6.30. The van der Waals surface area contributed by atoms with E-state index in [2.05, 4.69) is 23.5 Å². The Bertz CT molecular complexity index is 570. The Morgan fingerprint density at radius 3 is 2.68 bits per heavy atom. The fraction of sp³-hybridized carbons (Fsp3) is 0.250. The molecule has 2 aromatic rings. The molecule has 1 aliphatic rings. The lowest BCUT2D eigenvalue weighted by molar-refractivity contribution is 0.229. The average Bonchev–Trinajstić information content (AvgIpc) is 2.47. The molecule has 19 heavy (non-hydrogen) atoms. The van der Waals surface area contributed by atoms with Crippen LogP contribution < -0.4 is 5.32 Å². The Kier molecular flexibility index (Phi) is 3.56. The fourth-order valence-corrected chi connectivity index (χ4v) is 2.89. The van der Waals surface area contributed by atoms with E-state index in [0.29, 0.717) is 0 Å². The summed E-state index contributed by atoms with van der Waals surface area (Å²) in [5.74, 6) is 0. The number of rotatable bonds is 2. The summed E-state index contributed by atoms with van der Waals surface area (Å²) in [5.41, 5.74) is 3.67. The van der Waals surface area contributed by atoms with Crippen LogP contribution in [0.25, 0.3) is 0 Å². The van der Waals surface area contributed by atoms with Crippen molar-refractivity contribution in [3.63, 3.8) is 0 Å². The van der Waals surface area contributed by atoms with Gasteiger partial charge in [0.2, 0.25) is 0 Å². The Balaban J connectivity index is 2.07. The first kappa shape index (κ1) is 12.7. The second-order valence-electron chi connectivity index (χ2n) is 4.94. The maximum atomic E-state index is 9.45. The van der Waals surface area contributed by atoms with E-state index in [0.717, 1.165) is 11.4 Å². The van der Waals surface area contributed by atoms with Crippen LogP contribution in [-0.4, -0.2) is 17.8 Å². The van der Waals surface area contributed by atoms with E-state index in [1.807, 2.05) is 30.3 Å². The van der Waals surface area contributed by atoms with Gasteiger partial charge in [0.05, 0.1) is 12.6 Å². The van der Waals surface area contributed by atoms with Gasteiger partial charge < -0.3 is 10.4 Å². The average molecular weight is 274 g/mol. The van der Waals surface area contributed by atoms with Gasteiger partial charge in [-0.05, 0) is 35.2 Å². The molecule has 0 bridgehead atoms. The Labute approximate surface area is 118 Å². The molecule has 98 valence electrons. The van der Waals surface area contributed by atoms with Crippen LogP contribution in [0.5, 0.6) is 0 Å². The van der Waals surface area contributed by atoms with E-state index in [-0.39, 0.29) is 18.7 Å². The van der Waals surface area contributed by atoms with E-state index in [9.17, 15) is 5.11 Å². The summed E-state index contributed by atoms with van der Waals surface area (Å²) >= 11 is 6.12. The first-order valence-corrected chi connectivity index (χ1v) is 6.86. The number of fused-ring (bicyclic) bond motifs is 1. The van der Waals surface area contributed by atoms with Gasteiger partial charge in [-0.2, -0.15) is 0 Å². The summed E-state index contributed by atoms with van der Waals surface area (Å²) in [5, 5.41) is 13.7. The fourth-order valence-electron chi connectivity index (χ4n) is 2.71. The van der Waals surface area contributed by atoms with E-state index < -0.39 is 0 Å². The summed E-state index contributed by atoms with van der Waals surface area (Å²) < 4.78 is 0. The molecule has 2 nitrogen and oxygen atoms in total. The minimum absolute atomic E-state index is 0.0962. The van der Waals surface area contributed by atoms with Gasteiger partial charge in [0.1, 0.15) is 0 Å². The molecule has 2 aromatic carbocycles. The van der Waals surface area contributed by atoms with Gasteiger partial charge in [0.15, 0.2) is 0 Å². The number of aliphatic hydroxyl groups is 1. The Morgan fingerprint density at radius 2 is 1.95 bits per heavy atom. The molecule has 0 unspecified atom stereocenters. The maximum Gasteiger partial charge on any atom is 0.0588 e. The topological polar surface area (TPSA) is 32.3 Å². The molecule has 2 atom stereocenters. The SMILES string of the molecule is OC[C@H]1Cc2ccc(Cl)cc2[C@H](c2ccccc2)N1. The van der Waals surface area contributed by atoms with E-state index in [1.165, 1.54) is 16.7 Å². The van der Waals surface area contributed by atoms with Crippen LogP contribution in [0.15, 0.2) is 48.5 Å². The number of nitrogens with one attached hydrogen (secondary N) is 1. The number of hydrogen-bond donors (Lipinski definition) is 2. The minimum Gasteiger partial charge on any atom is -0.395 e. The van der Waals surface area contributed by atoms with Crippen molar-refractivity contribution < 1.29 is 5.11 Å². The molecule has 0 amide bonds. The zero-order chi connectivity index (χ0) is 13.2. The van der Waals surface area contributed by atoms with Crippen LogP contribution in [0.2, 0.25) is 5.02 Å². The van der Waals surface area contributed by atoms with Gasteiger partial charge in [-0.15, -0.1) is 0 Å². The normalized spacial score (nSPS) is 22.0. The van der Waals surface area contributed by atoms with Crippen molar-refractivity contribution in [1.82, 2.24) is 5.32 Å². The molecule has 3 rings (SSSR count). The molecule has 0 aromatic heterocycles. The third kappa shape index (κ3) is 2.52. The summed E-state index contributed by atoms with van der Waals surface area (Å²) in [6.45, 7) is 0.144. The van der Waals surface area contributed by atoms with Crippen molar-refractivity contribution in [2.75, 3.05) is 6.61 Å². The van der Waals surface area contributed by atoms with Crippen LogP contribution in [-0.2, 0) is 6.42 Å². The van der Waals surface area contributed by atoms with E-state index in [4.69, 9.17) is 11.6 Å². The van der Waals surface area contributed by atoms with Gasteiger partial charge in [-0.25, -0.2) is 0 Å². The van der Waals surface area contributed by atoms with Crippen molar-refractivity contribution in [3.05, 3.63) is 70.2 Å². The van der Waals surface area contributed by atoms with Gasteiger partial charge in [-0.3, -0.25) is 0 Å². The predicted molar refractivity (Wildman–Crippen MR) is 77.5 cm³/mol. The second-order valence-corrected chi connectivity index (χ2v) is 5.37. The van der Waals surface area contributed by atoms with Gasteiger partial charge in [-0.1, -0.05) is 48.0 Å². The monoisotopic (exact) mass is 273 g/mol. The van der Waals surface area contributed by atoms with E-state index in [1.54, 1.807) is 0 Å². The van der Waals surface area contributed by atoms with Crippen molar-refractivity contribution in [2.24, 2.45) is 0 Å². The molecule has 0 saturated heterocycles. The molecule has 0 saturated carbocycles. The van der Waals surface area contributed by atoms with Gasteiger partial charge in [0, 0.05) is 11.1 Å². The van der Waals surface area contributed by atoms with Crippen molar-refractivity contribution in [1.29, 1.82) is 0 Å². The lowest BCUT2D eigenvalue weighted by Gasteiger charge is -2.33. The molecule has 0 fully saturated rings. The molecule has 2 N–H and O–H groups in total. The first-order valence-electron chi connectivity index (χ1n) is 6.48. The zero-order valence-corrected chi connectivity index (χ0v) is 11.3. The highest BCUT2D eigenvalue weighted by atomic mass is 35.5. The lowest BCUT2D eigenvalue weighted by atomic mass is 9.87. The quantitative estimate of drug-likeness (QED) is 0.882. The highest BCUT2D eigenvalue weighted by Gasteiger charge is 2.26. The second kappa shape index (κ2) is 5.33. The van der Waals surface area contributed by atoms with Gasteiger partial charge in [0.25, 0.3) is 0 Å². The molecular weight excluding hydrogens is 258 g/mol. The van der Waals surface area contributed by atoms with Crippen LogP contribution in [0.4, 0.5) is 0 Å². The smallest absolute Gasteiger partial charge is 0.0588 e. The highest BCUT2D eigenvalue weighted by Crippen LogP contribution is 2.32. The Hall–Kier alpha value is -1.35. The molecule has 1 heterocycles. The number of hydrogen-bond acceptors (Lipinski definition) is 2. The molecule has 0 spiro atoms. The predicted octanol–water partition coefficient (Wildman–Crippen LogP) is 2.94. The van der Waals surface area contributed by atoms with Crippen LogP contribution in [0.3, 0.4) is 0 Å². The largest absolute Gasteiger partial charge is 0.395 e. The van der Waals surface area contributed by atoms with Crippen LogP contribution in [0, 0.1) is 0 Å². The number of aliphatic hydroxyl groups excluding tert-OH is 1. The number of benzene rings is 2. The third-order valence-electron chi connectivity index (χ3n) is 3.64. The lowest BCUT2D eigenvalue weighted by Crippen LogP contribution is -2.42. The maximum absolute atomic E-state index is 9.45. The first-order chi connectivity index (χ1) is 9.28. The van der Waals surface area contributed by atoms with Crippen LogP contribution in [0.1, 0.15) is 22.7 Å². The van der Waals surface area contributed by atoms with Crippen molar-refractivity contribution >= 4 is 11.6 Å². The van der Waals surface area contributed by atoms with Gasteiger partial charge >= 0.3 is 0 Å². The standard InChI is InChI=1S/C16H16ClNO/c17-13-7-6-12-8-14(10-19)18-16(15(12)9-13)11-4-2-1-3-5-11/h1-7,9,14,16,18-19H,8,10H2/t14-,16+/m1/s1. The summed E-state index contributed by atoms with van der Waals surface area (Å²) in [4.78, 5) is 0. The molecular formula is C16H16ClNO. The molecule has 0 aliphatic carbocycles. The zero-order valence-electron chi connectivity index (χ0n) is 10.5. The molecule has 3 heteroatoms. The van der Waals surface area contributed by atoms with Crippen molar-refractivity contribution in [2.45, 2.75) is 18.5 Å². The summed E-state index contributed by atoms with van der Waals surface area (Å²) in [7, 11) is 0. The van der Waals surface area contributed by atoms with E-state index >= 15 is 0 Å². The molecule has 1 aliphatic heterocycles. The Morgan fingerprint density at radius 1 is 1.16 bits per heavy atom. The van der Waals surface area contributed by atoms with Crippen molar-refractivity contribution in [3.8, 4) is 0 Å². The summed E-state index contributed by atoms with van der Waals surface area (Å²) in [6, 6.07) is 16.5.